The van der Waals surface area contributed by atoms with Gasteiger partial charge in [0.1, 0.15) is 5.54 Å². The maximum atomic E-state index is 13.3. The molecular weight excluding hydrogens is 364 g/mol. The first kappa shape index (κ1) is 30.5. The van der Waals surface area contributed by atoms with E-state index in [9.17, 15) is 4.79 Å². The first-order chi connectivity index (χ1) is 13.9. The van der Waals surface area contributed by atoms with Crippen molar-refractivity contribution < 1.29 is 14.3 Å². The molecular formula is C24H52N2O3. The zero-order valence-corrected chi connectivity index (χ0v) is 21.3. The molecule has 2 unspecified atom stereocenters. The smallest absolute Gasteiger partial charge is 0.243 e. The quantitative estimate of drug-likeness (QED) is 0.567. The van der Waals surface area contributed by atoms with Gasteiger partial charge in [0.25, 0.3) is 0 Å². The number of carbonyl (C=O) groups is 1. The Morgan fingerprint density at radius 2 is 1.72 bits per heavy atom. The summed E-state index contributed by atoms with van der Waals surface area (Å²) in [5, 5.41) is 0. The predicted molar refractivity (Wildman–Crippen MR) is 125 cm³/mol. The van der Waals surface area contributed by atoms with Gasteiger partial charge in [0, 0.05) is 13.2 Å². The Hall–Kier alpha value is -0.650. The molecule has 5 nitrogen and oxygen atoms in total. The van der Waals surface area contributed by atoms with Crippen LogP contribution in [0.1, 0.15) is 94.4 Å². The molecule has 1 amide bonds. The molecule has 0 saturated carbocycles. The lowest BCUT2D eigenvalue weighted by atomic mass is 9.85. The molecule has 0 bridgehead atoms. The molecule has 2 aliphatic rings. The van der Waals surface area contributed by atoms with E-state index >= 15 is 0 Å². The Bertz CT molecular complexity index is 390. The minimum Gasteiger partial charge on any atom is -0.351 e. The van der Waals surface area contributed by atoms with Crippen molar-refractivity contribution in [2.45, 2.75) is 106 Å². The van der Waals surface area contributed by atoms with Gasteiger partial charge in [-0.3, -0.25) is 9.69 Å². The Morgan fingerprint density at radius 1 is 1.14 bits per heavy atom. The first-order valence-corrected chi connectivity index (χ1v) is 12.1. The van der Waals surface area contributed by atoms with Crippen LogP contribution in [0.15, 0.2) is 0 Å². The van der Waals surface area contributed by atoms with Gasteiger partial charge in [-0.1, -0.05) is 68.7 Å². The third-order valence-electron chi connectivity index (χ3n) is 4.79. The Labute approximate surface area is 182 Å². The highest BCUT2D eigenvalue weighted by Crippen LogP contribution is 2.36. The fraction of sp³-hybridized carbons (Fsp3) is 0.958. The number of amides is 1. The number of carbonyl (C=O) groups excluding carboxylic acids is 1. The third kappa shape index (κ3) is 10.3. The largest absolute Gasteiger partial charge is 0.351 e. The van der Waals surface area contributed by atoms with Gasteiger partial charge in [0.2, 0.25) is 5.91 Å². The van der Waals surface area contributed by atoms with Gasteiger partial charge in [-0.05, 0) is 45.2 Å². The monoisotopic (exact) mass is 416 g/mol. The molecule has 176 valence electrons. The van der Waals surface area contributed by atoms with Crippen molar-refractivity contribution in [2.24, 2.45) is 5.92 Å². The van der Waals surface area contributed by atoms with E-state index in [-0.39, 0.29) is 17.7 Å². The van der Waals surface area contributed by atoms with E-state index in [1.165, 1.54) is 6.42 Å². The van der Waals surface area contributed by atoms with Crippen molar-refractivity contribution in [1.29, 1.82) is 0 Å². The molecule has 0 aromatic rings. The average Bonchev–Trinajstić information content (AvgIpc) is 3.10. The number of hydrogen-bond donors (Lipinski definition) is 0. The summed E-state index contributed by atoms with van der Waals surface area (Å²) in [6, 6.07) is 0. The van der Waals surface area contributed by atoms with E-state index in [0.29, 0.717) is 32.2 Å². The lowest BCUT2D eigenvalue weighted by Gasteiger charge is -2.42. The normalized spacial score (nSPS) is 24.0. The summed E-state index contributed by atoms with van der Waals surface area (Å²) in [5.74, 6) is 0.785. The van der Waals surface area contributed by atoms with Crippen LogP contribution in [0.2, 0.25) is 0 Å². The van der Waals surface area contributed by atoms with Crippen LogP contribution in [-0.4, -0.2) is 67.4 Å². The molecule has 0 aromatic carbocycles. The highest BCUT2D eigenvalue weighted by atomic mass is 16.7. The first-order valence-electron chi connectivity index (χ1n) is 12.1. The lowest BCUT2D eigenvalue weighted by molar-refractivity contribution is -0.190. The number of hydrogen-bond acceptors (Lipinski definition) is 4. The fourth-order valence-corrected chi connectivity index (χ4v) is 3.75. The minimum atomic E-state index is -0.319. The van der Waals surface area contributed by atoms with Crippen LogP contribution in [0.25, 0.3) is 0 Å². The molecule has 0 aromatic heterocycles. The average molecular weight is 417 g/mol. The summed E-state index contributed by atoms with van der Waals surface area (Å²) < 4.78 is 11.3. The Kier molecular flexibility index (Phi) is 19.1. The lowest BCUT2D eigenvalue weighted by Crippen LogP contribution is -2.59. The number of likely N-dealkylation sites (N-methyl/N-ethyl adjacent to an activating group) is 1. The molecule has 2 heterocycles. The Morgan fingerprint density at radius 3 is 2.17 bits per heavy atom. The number of rotatable bonds is 6. The number of nitrogens with zero attached hydrogens (tertiary/aromatic N) is 2. The standard InChI is InChI=1S/C17H32N2O3.C3H8.2C2H6/c1-5-10-21-15-13-19(9-11-22-15)16(20)17(12-14(2)3)7-6-8-18(17)4;1-3-2;2*1-2/h14-15H,5-13H2,1-4H3;3H2,1-2H3;2*1-2H3. The minimum absolute atomic E-state index is 0.263. The van der Waals surface area contributed by atoms with Gasteiger partial charge in [-0.15, -0.1) is 0 Å². The van der Waals surface area contributed by atoms with Crippen LogP contribution in [0.4, 0.5) is 0 Å². The van der Waals surface area contributed by atoms with E-state index in [4.69, 9.17) is 9.47 Å². The molecule has 2 saturated heterocycles. The second kappa shape index (κ2) is 18.1. The van der Waals surface area contributed by atoms with E-state index < -0.39 is 0 Å². The second-order valence-electron chi connectivity index (χ2n) is 7.78. The molecule has 29 heavy (non-hydrogen) atoms. The maximum Gasteiger partial charge on any atom is 0.243 e. The molecule has 2 rings (SSSR count). The molecule has 0 spiro atoms. The van der Waals surface area contributed by atoms with Crippen LogP contribution in [0, 0.1) is 5.92 Å². The topological polar surface area (TPSA) is 42.0 Å². The van der Waals surface area contributed by atoms with Gasteiger partial charge in [0.05, 0.1) is 13.2 Å². The van der Waals surface area contributed by atoms with Gasteiger partial charge >= 0.3 is 0 Å². The van der Waals surface area contributed by atoms with Crippen LogP contribution in [0.3, 0.4) is 0 Å². The maximum absolute atomic E-state index is 13.3. The van der Waals surface area contributed by atoms with E-state index in [1.807, 2.05) is 32.6 Å². The third-order valence-corrected chi connectivity index (χ3v) is 4.79. The molecule has 0 aliphatic carbocycles. The Balaban J connectivity index is 0. The highest BCUT2D eigenvalue weighted by molar-refractivity contribution is 5.87. The summed E-state index contributed by atoms with van der Waals surface area (Å²) in [6.07, 6.45) is 4.96. The predicted octanol–water partition coefficient (Wildman–Crippen LogP) is 5.58. The number of likely N-dealkylation sites (tertiary alicyclic amines) is 1. The second-order valence-corrected chi connectivity index (χ2v) is 7.78. The van der Waals surface area contributed by atoms with Crippen LogP contribution in [-0.2, 0) is 14.3 Å². The van der Waals surface area contributed by atoms with Crippen LogP contribution < -0.4 is 0 Å². The summed E-state index contributed by atoms with van der Waals surface area (Å²) in [5.41, 5.74) is -0.319. The highest BCUT2D eigenvalue weighted by Gasteiger charge is 2.48. The fourth-order valence-electron chi connectivity index (χ4n) is 3.75. The summed E-state index contributed by atoms with van der Waals surface area (Å²) in [4.78, 5) is 17.5. The van der Waals surface area contributed by atoms with E-state index in [2.05, 4.69) is 46.6 Å². The van der Waals surface area contributed by atoms with Crippen molar-refractivity contribution in [3.8, 4) is 0 Å². The molecule has 2 aliphatic heterocycles. The van der Waals surface area contributed by atoms with Crippen LogP contribution in [0.5, 0.6) is 0 Å². The molecule has 0 radical (unpaired) electrons. The van der Waals surface area contributed by atoms with Gasteiger partial charge in [-0.2, -0.15) is 0 Å². The van der Waals surface area contributed by atoms with E-state index in [1.54, 1.807) is 0 Å². The molecule has 0 N–H and O–H groups in total. The van der Waals surface area contributed by atoms with Gasteiger partial charge < -0.3 is 14.4 Å². The molecule has 5 heteroatoms. The van der Waals surface area contributed by atoms with Crippen molar-refractivity contribution in [3.63, 3.8) is 0 Å². The molecule has 2 atom stereocenters. The summed E-state index contributed by atoms with van der Waals surface area (Å²) in [6.45, 7) is 22.2. The van der Waals surface area contributed by atoms with Crippen molar-refractivity contribution in [2.75, 3.05) is 39.9 Å². The SMILES string of the molecule is CC.CC.CCC.CCCOC1CN(C(=O)C2(CC(C)C)CCCN2C)CCO1. The van der Waals surface area contributed by atoms with Gasteiger partial charge in [-0.25, -0.2) is 0 Å². The molecule has 2 fully saturated rings. The van der Waals surface area contributed by atoms with E-state index in [0.717, 1.165) is 32.2 Å². The van der Waals surface area contributed by atoms with Gasteiger partial charge in [0.15, 0.2) is 6.29 Å². The summed E-state index contributed by atoms with van der Waals surface area (Å²) in [7, 11) is 2.10. The zero-order chi connectivity index (χ0) is 22.9. The number of ether oxygens (including phenoxy) is 2. The number of morpholine rings is 1. The van der Waals surface area contributed by atoms with Crippen molar-refractivity contribution >= 4 is 5.91 Å². The summed E-state index contributed by atoms with van der Waals surface area (Å²) >= 11 is 0. The van der Waals surface area contributed by atoms with Crippen molar-refractivity contribution in [1.82, 2.24) is 9.80 Å². The zero-order valence-electron chi connectivity index (χ0n) is 21.3. The van der Waals surface area contributed by atoms with Crippen molar-refractivity contribution in [3.05, 3.63) is 0 Å². The van der Waals surface area contributed by atoms with Crippen LogP contribution >= 0.6 is 0 Å².